The Morgan fingerprint density at radius 2 is 1.70 bits per heavy atom. The summed E-state index contributed by atoms with van der Waals surface area (Å²) >= 11 is 1.39. The molecule has 2 heterocycles. The lowest BCUT2D eigenvalue weighted by atomic mass is 10.0. The molecule has 0 aliphatic rings. The Morgan fingerprint density at radius 3 is 2.27 bits per heavy atom. The quantitative estimate of drug-likeness (QED) is 0.325. The summed E-state index contributed by atoms with van der Waals surface area (Å²) < 4.78 is 78.0. The van der Waals surface area contributed by atoms with E-state index in [0.29, 0.717) is 16.9 Å². The molecule has 2 N–H and O–H groups in total. The molecule has 0 saturated heterocycles. The van der Waals surface area contributed by atoms with Crippen LogP contribution in [0.5, 0.6) is 0 Å². The average Bonchev–Trinajstić information content (AvgIpc) is 3.41. The molecule has 8 nitrogen and oxygen atoms in total. The summed E-state index contributed by atoms with van der Waals surface area (Å²) in [6.45, 7) is -0.618. The molecule has 0 radical (unpaired) electrons. The minimum absolute atomic E-state index is 0.0308. The molecular formula is C18H12F6N6O2S. The Kier molecular flexibility index (Phi) is 6.81. The van der Waals surface area contributed by atoms with Gasteiger partial charge in [-0.15, -0.1) is 21.5 Å². The third-order valence-electron chi connectivity index (χ3n) is 3.85. The number of nitrogens with one attached hydrogen (secondary N) is 2. The maximum absolute atomic E-state index is 13.0. The summed E-state index contributed by atoms with van der Waals surface area (Å²) in [6.07, 6.45) is -7.39. The highest BCUT2D eigenvalue weighted by Crippen LogP contribution is 2.37. The van der Waals surface area contributed by atoms with E-state index in [1.54, 1.807) is 12.1 Å². The molecule has 2 amide bonds. The Hall–Kier alpha value is -3.75. The zero-order chi connectivity index (χ0) is 24.2. The largest absolute Gasteiger partial charge is 0.416 e. The number of benzene rings is 1. The van der Waals surface area contributed by atoms with Crippen molar-refractivity contribution in [1.82, 2.24) is 31.1 Å². The summed E-state index contributed by atoms with van der Waals surface area (Å²) in [5, 5.41) is 12.3. The first kappa shape index (κ1) is 23.9. The van der Waals surface area contributed by atoms with Crippen molar-refractivity contribution in [3.05, 3.63) is 57.8 Å². The van der Waals surface area contributed by atoms with E-state index in [9.17, 15) is 35.9 Å². The van der Waals surface area contributed by atoms with E-state index < -0.39 is 53.2 Å². The molecule has 3 aromatic rings. The SMILES string of the molecule is O=C(C=Cc1cccs1)NNC(=O)Cn1nnc(-c2cc(C(F)(F)F)cc(C(F)(F)F)c2)n1. The van der Waals surface area contributed by atoms with Crippen LogP contribution in [0, 0.1) is 0 Å². The van der Waals surface area contributed by atoms with Crippen LogP contribution >= 0.6 is 11.3 Å². The first-order chi connectivity index (χ1) is 15.4. The molecule has 2 aromatic heterocycles. The van der Waals surface area contributed by atoms with Crippen molar-refractivity contribution in [2.75, 3.05) is 0 Å². The standard InChI is InChI=1S/C18H12F6N6O2S/c19-17(20,21)11-6-10(7-12(8-11)18(22,23)24)16-27-29-30(28-16)9-15(32)26-25-14(31)4-3-13-2-1-5-33-13/h1-8H,9H2,(H,25,31)(H,26,32). The van der Waals surface area contributed by atoms with E-state index in [1.165, 1.54) is 23.5 Å². The minimum atomic E-state index is -5.04. The van der Waals surface area contributed by atoms with E-state index in [-0.39, 0.29) is 6.07 Å². The second-order valence-electron chi connectivity index (χ2n) is 6.32. The predicted molar refractivity (Wildman–Crippen MR) is 103 cm³/mol. The van der Waals surface area contributed by atoms with Crippen LogP contribution in [0.2, 0.25) is 0 Å². The van der Waals surface area contributed by atoms with E-state index in [2.05, 4.69) is 26.3 Å². The van der Waals surface area contributed by atoms with Crippen molar-refractivity contribution in [3.8, 4) is 11.4 Å². The Labute approximate surface area is 184 Å². The lowest BCUT2D eigenvalue weighted by Gasteiger charge is -2.12. The number of aromatic nitrogens is 4. The van der Waals surface area contributed by atoms with E-state index in [4.69, 9.17) is 0 Å². The van der Waals surface area contributed by atoms with Crippen LogP contribution in [0.15, 0.2) is 41.8 Å². The number of carbonyl (C=O) groups is 2. The van der Waals surface area contributed by atoms with Crippen LogP contribution in [-0.2, 0) is 28.5 Å². The molecule has 0 saturated carbocycles. The fourth-order valence-corrected chi connectivity index (χ4v) is 3.01. The van der Waals surface area contributed by atoms with Gasteiger partial charge in [0.15, 0.2) is 0 Å². The van der Waals surface area contributed by atoms with Crippen LogP contribution in [-0.4, -0.2) is 32.0 Å². The van der Waals surface area contributed by atoms with Gasteiger partial charge in [-0.3, -0.25) is 20.4 Å². The fraction of sp³-hybridized carbons (Fsp3) is 0.167. The molecule has 0 bridgehead atoms. The number of rotatable bonds is 5. The smallest absolute Gasteiger partial charge is 0.271 e. The number of halogens is 6. The molecule has 0 spiro atoms. The molecule has 1 aromatic carbocycles. The number of nitrogens with zero attached hydrogens (tertiary/aromatic N) is 4. The third kappa shape index (κ3) is 6.61. The van der Waals surface area contributed by atoms with Crippen LogP contribution in [0.1, 0.15) is 16.0 Å². The van der Waals surface area contributed by atoms with Gasteiger partial charge in [-0.05, 0) is 40.9 Å². The zero-order valence-electron chi connectivity index (χ0n) is 16.1. The Morgan fingerprint density at radius 1 is 1.03 bits per heavy atom. The first-order valence-corrected chi connectivity index (χ1v) is 9.68. The van der Waals surface area contributed by atoms with Crippen molar-refractivity contribution < 1.29 is 35.9 Å². The number of tetrazole rings is 1. The lowest BCUT2D eigenvalue weighted by Crippen LogP contribution is -2.42. The molecular weight excluding hydrogens is 478 g/mol. The van der Waals surface area contributed by atoms with Crippen molar-refractivity contribution in [2.45, 2.75) is 18.9 Å². The highest BCUT2D eigenvalue weighted by atomic mass is 32.1. The zero-order valence-corrected chi connectivity index (χ0v) is 16.9. The van der Waals surface area contributed by atoms with Gasteiger partial charge in [0.1, 0.15) is 6.54 Å². The van der Waals surface area contributed by atoms with E-state index >= 15 is 0 Å². The fourth-order valence-electron chi connectivity index (χ4n) is 2.39. The maximum atomic E-state index is 13.0. The van der Waals surface area contributed by atoms with Gasteiger partial charge in [-0.25, -0.2) is 0 Å². The third-order valence-corrected chi connectivity index (χ3v) is 4.69. The van der Waals surface area contributed by atoms with Crippen molar-refractivity contribution in [1.29, 1.82) is 0 Å². The van der Waals surface area contributed by atoms with Crippen molar-refractivity contribution >= 4 is 29.2 Å². The highest BCUT2D eigenvalue weighted by Gasteiger charge is 2.37. The minimum Gasteiger partial charge on any atom is -0.271 e. The van der Waals surface area contributed by atoms with Crippen molar-refractivity contribution in [3.63, 3.8) is 0 Å². The van der Waals surface area contributed by atoms with Gasteiger partial charge >= 0.3 is 12.4 Å². The van der Waals surface area contributed by atoms with E-state index in [0.717, 1.165) is 4.88 Å². The molecule has 174 valence electrons. The molecule has 0 atom stereocenters. The summed E-state index contributed by atoms with van der Waals surface area (Å²) in [7, 11) is 0. The van der Waals surface area contributed by atoms with Gasteiger partial charge in [0.05, 0.1) is 11.1 Å². The molecule has 15 heteroatoms. The summed E-state index contributed by atoms with van der Waals surface area (Å²) in [5.74, 6) is -2.02. The number of hydrazine groups is 1. The number of carbonyl (C=O) groups excluding carboxylic acids is 2. The van der Waals surface area contributed by atoms with Gasteiger partial charge in [-0.1, -0.05) is 6.07 Å². The number of alkyl halides is 6. The molecule has 33 heavy (non-hydrogen) atoms. The normalized spacial score (nSPS) is 12.2. The van der Waals surface area contributed by atoms with Crippen molar-refractivity contribution in [2.24, 2.45) is 0 Å². The van der Waals surface area contributed by atoms with Gasteiger partial charge in [-0.2, -0.15) is 31.1 Å². The predicted octanol–water partition coefficient (Wildman–Crippen LogP) is 3.30. The summed E-state index contributed by atoms with van der Waals surface area (Å²) in [6, 6.07) is 4.40. The molecule has 0 aliphatic heterocycles. The number of thiophene rings is 1. The van der Waals surface area contributed by atoms with Crippen LogP contribution in [0.25, 0.3) is 17.5 Å². The second-order valence-corrected chi connectivity index (χ2v) is 7.30. The monoisotopic (exact) mass is 490 g/mol. The Balaban J connectivity index is 1.67. The summed E-state index contributed by atoms with van der Waals surface area (Å²) in [5.41, 5.74) is 0.476. The van der Waals surface area contributed by atoms with Gasteiger partial charge in [0.2, 0.25) is 5.82 Å². The van der Waals surface area contributed by atoms with E-state index in [1.807, 2.05) is 5.38 Å². The number of hydrogen-bond acceptors (Lipinski definition) is 6. The highest BCUT2D eigenvalue weighted by molar-refractivity contribution is 7.10. The van der Waals surface area contributed by atoms with Gasteiger partial charge in [0, 0.05) is 16.5 Å². The molecule has 0 fully saturated rings. The maximum Gasteiger partial charge on any atom is 0.416 e. The molecule has 0 aliphatic carbocycles. The lowest BCUT2D eigenvalue weighted by molar-refractivity contribution is -0.143. The first-order valence-electron chi connectivity index (χ1n) is 8.80. The summed E-state index contributed by atoms with van der Waals surface area (Å²) in [4.78, 5) is 25.0. The molecule has 3 rings (SSSR count). The van der Waals surface area contributed by atoms with Crippen LogP contribution < -0.4 is 10.9 Å². The average molecular weight is 490 g/mol. The second kappa shape index (κ2) is 9.40. The number of amides is 2. The Bertz CT molecular complexity index is 1140. The van der Waals surface area contributed by atoms with Gasteiger partial charge < -0.3 is 0 Å². The topological polar surface area (TPSA) is 102 Å². The van der Waals surface area contributed by atoms with Gasteiger partial charge in [0.25, 0.3) is 11.8 Å². The van der Waals surface area contributed by atoms with Crippen LogP contribution in [0.4, 0.5) is 26.3 Å². The number of hydrogen-bond donors (Lipinski definition) is 2. The molecule has 0 unspecified atom stereocenters. The van der Waals surface area contributed by atoms with Crippen LogP contribution in [0.3, 0.4) is 0 Å².